The van der Waals surface area contributed by atoms with Gasteiger partial charge in [0, 0.05) is 44.3 Å². The van der Waals surface area contributed by atoms with Crippen molar-refractivity contribution in [3.05, 3.63) is 194 Å². The van der Waals surface area contributed by atoms with E-state index in [2.05, 4.69) is 204 Å². The van der Waals surface area contributed by atoms with E-state index in [1.165, 1.54) is 48.8 Å². The summed E-state index contributed by atoms with van der Waals surface area (Å²) in [5, 5.41) is 9.68. The molecule has 2 heteroatoms. The average Bonchev–Trinajstić information content (AvgIpc) is 3.16. The molecule has 0 spiro atoms. The molecule has 0 amide bonds. The zero-order chi connectivity index (χ0) is 31.9. The summed E-state index contributed by atoms with van der Waals surface area (Å²) in [6, 6.07) is 70.0. The van der Waals surface area contributed by atoms with Crippen molar-refractivity contribution in [3.8, 4) is 0 Å². The highest BCUT2D eigenvalue weighted by atomic mass is 15.2. The topological polar surface area (TPSA) is 6.48 Å². The van der Waals surface area contributed by atoms with Gasteiger partial charge in [0.1, 0.15) is 0 Å². The highest BCUT2D eigenvalue weighted by Gasteiger charge is 2.25. The van der Waals surface area contributed by atoms with Crippen molar-refractivity contribution >= 4 is 77.2 Å². The molecule has 0 unspecified atom stereocenters. The first-order valence-corrected chi connectivity index (χ1v) is 16.5. The highest BCUT2D eigenvalue weighted by Crippen LogP contribution is 2.51. The van der Waals surface area contributed by atoms with Gasteiger partial charge in [-0.1, -0.05) is 133 Å². The Bertz CT molecular complexity index is 2470. The minimum atomic E-state index is 1.11. The van der Waals surface area contributed by atoms with Crippen LogP contribution in [0.1, 0.15) is 0 Å². The van der Waals surface area contributed by atoms with Crippen LogP contribution in [-0.2, 0) is 0 Å². The fourth-order valence-electron chi connectivity index (χ4n) is 7.24. The minimum absolute atomic E-state index is 1.11. The van der Waals surface area contributed by atoms with Gasteiger partial charge < -0.3 is 9.80 Å². The van der Waals surface area contributed by atoms with E-state index in [0.717, 1.165) is 28.4 Å². The first kappa shape index (κ1) is 27.9. The lowest BCUT2D eigenvalue weighted by Gasteiger charge is -2.32. The predicted molar refractivity (Wildman–Crippen MR) is 206 cm³/mol. The summed E-state index contributed by atoms with van der Waals surface area (Å²) in [6.07, 6.45) is 0. The molecule has 226 valence electrons. The largest absolute Gasteiger partial charge is 0.309 e. The van der Waals surface area contributed by atoms with Crippen LogP contribution in [0.5, 0.6) is 0 Å². The molecule has 9 aromatic rings. The molecule has 0 radical (unpaired) electrons. The van der Waals surface area contributed by atoms with Crippen LogP contribution in [0.4, 0.5) is 34.1 Å². The second kappa shape index (κ2) is 11.8. The van der Waals surface area contributed by atoms with E-state index in [0.29, 0.717) is 0 Å². The molecule has 9 aromatic carbocycles. The Morgan fingerprint density at radius 3 is 1.15 bits per heavy atom. The molecule has 0 fully saturated rings. The summed E-state index contributed by atoms with van der Waals surface area (Å²) >= 11 is 0. The molecule has 0 heterocycles. The molecule has 2 nitrogen and oxygen atoms in total. The molecule has 9 rings (SSSR count). The van der Waals surface area contributed by atoms with Crippen LogP contribution in [0.15, 0.2) is 194 Å². The third kappa shape index (κ3) is 4.66. The van der Waals surface area contributed by atoms with E-state index < -0.39 is 0 Å². The van der Waals surface area contributed by atoms with Crippen molar-refractivity contribution in [1.29, 1.82) is 0 Å². The maximum atomic E-state index is 2.44. The van der Waals surface area contributed by atoms with Gasteiger partial charge in [0.25, 0.3) is 0 Å². The van der Waals surface area contributed by atoms with E-state index in [-0.39, 0.29) is 0 Å². The third-order valence-electron chi connectivity index (χ3n) is 9.34. The molecular formula is C46H32N2. The van der Waals surface area contributed by atoms with Crippen LogP contribution < -0.4 is 9.80 Å². The molecule has 0 N–H and O–H groups in total. The van der Waals surface area contributed by atoms with Gasteiger partial charge in [-0.2, -0.15) is 0 Å². The zero-order valence-corrected chi connectivity index (χ0v) is 26.4. The van der Waals surface area contributed by atoms with Crippen LogP contribution >= 0.6 is 0 Å². The Morgan fingerprint density at radius 1 is 0.229 bits per heavy atom. The summed E-state index contributed by atoms with van der Waals surface area (Å²) in [5.41, 5.74) is 6.79. The quantitative estimate of drug-likeness (QED) is 0.136. The predicted octanol–water partition coefficient (Wildman–Crippen LogP) is 13.2. The third-order valence-corrected chi connectivity index (χ3v) is 9.34. The first-order valence-electron chi connectivity index (χ1n) is 16.5. The lowest BCUT2D eigenvalue weighted by atomic mass is 9.91. The maximum absolute atomic E-state index is 2.44. The van der Waals surface area contributed by atoms with Crippen LogP contribution in [0.3, 0.4) is 0 Å². The lowest BCUT2D eigenvalue weighted by Crippen LogP contribution is -2.13. The van der Waals surface area contributed by atoms with Crippen molar-refractivity contribution in [2.45, 2.75) is 0 Å². The van der Waals surface area contributed by atoms with Crippen molar-refractivity contribution in [2.24, 2.45) is 0 Å². The highest BCUT2D eigenvalue weighted by molar-refractivity contribution is 6.27. The normalized spacial score (nSPS) is 11.3. The van der Waals surface area contributed by atoms with Crippen LogP contribution in [0.2, 0.25) is 0 Å². The van der Waals surface area contributed by atoms with E-state index in [4.69, 9.17) is 0 Å². The summed E-state index contributed by atoms with van der Waals surface area (Å²) in [5.74, 6) is 0. The molecule has 0 aliphatic heterocycles. The van der Waals surface area contributed by atoms with Crippen molar-refractivity contribution in [2.75, 3.05) is 9.80 Å². The summed E-state index contributed by atoms with van der Waals surface area (Å²) < 4.78 is 0. The molecule has 0 aromatic heterocycles. The van der Waals surface area contributed by atoms with E-state index in [9.17, 15) is 0 Å². The van der Waals surface area contributed by atoms with Crippen molar-refractivity contribution in [3.63, 3.8) is 0 Å². The van der Waals surface area contributed by atoms with E-state index in [1.807, 2.05) is 0 Å². The van der Waals surface area contributed by atoms with E-state index >= 15 is 0 Å². The van der Waals surface area contributed by atoms with Gasteiger partial charge in [-0.3, -0.25) is 0 Å². The van der Waals surface area contributed by atoms with E-state index in [1.54, 1.807) is 0 Å². The number of para-hydroxylation sites is 4. The van der Waals surface area contributed by atoms with Crippen LogP contribution in [0.25, 0.3) is 43.1 Å². The van der Waals surface area contributed by atoms with Gasteiger partial charge in [-0.05, 0) is 82.2 Å². The summed E-state index contributed by atoms with van der Waals surface area (Å²) in [6.45, 7) is 0. The van der Waals surface area contributed by atoms with Crippen LogP contribution in [-0.4, -0.2) is 0 Å². The number of hydrogen-bond donors (Lipinski definition) is 0. The molecule has 0 bridgehead atoms. The van der Waals surface area contributed by atoms with Gasteiger partial charge in [0.05, 0.1) is 11.4 Å². The van der Waals surface area contributed by atoms with Crippen molar-refractivity contribution in [1.82, 2.24) is 0 Å². The van der Waals surface area contributed by atoms with Gasteiger partial charge >= 0.3 is 0 Å². The van der Waals surface area contributed by atoms with Gasteiger partial charge in [0.15, 0.2) is 0 Å². The Kier molecular flexibility index (Phi) is 6.84. The first-order chi connectivity index (χ1) is 23.8. The van der Waals surface area contributed by atoms with Gasteiger partial charge in [-0.15, -0.1) is 0 Å². The summed E-state index contributed by atoms with van der Waals surface area (Å²) in [4.78, 5) is 4.87. The van der Waals surface area contributed by atoms with Crippen molar-refractivity contribution < 1.29 is 0 Å². The Balaban J connectivity index is 1.52. The second-order valence-electron chi connectivity index (χ2n) is 12.2. The molecule has 0 saturated carbocycles. The van der Waals surface area contributed by atoms with Crippen LogP contribution in [0, 0.1) is 0 Å². The number of benzene rings is 9. The maximum Gasteiger partial charge on any atom is 0.0619 e. The number of rotatable bonds is 6. The number of hydrogen-bond acceptors (Lipinski definition) is 2. The fourth-order valence-corrected chi connectivity index (χ4v) is 7.24. The summed E-state index contributed by atoms with van der Waals surface area (Å²) in [7, 11) is 0. The monoisotopic (exact) mass is 612 g/mol. The second-order valence-corrected chi connectivity index (χ2v) is 12.2. The smallest absolute Gasteiger partial charge is 0.0619 e. The lowest BCUT2D eigenvalue weighted by molar-refractivity contribution is 1.30. The SMILES string of the molecule is c1ccc(N(c2ccccc2)c2c3ccccc3cc3c(N(c4ccccc4)c4ccccc4)c4ccc5ccccc5c4cc23)cc1. The minimum Gasteiger partial charge on any atom is -0.309 e. The fraction of sp³-hybridized carbons (Fsp3) is 0. The average molecular weight is 613 g/mol. The molecule has 0 atom stereocenters. The molecule has 0 saturated heterocycles. The Morgan fingerprint density at radius 2 is 0.625 bits per heavy atom. The molecule has 48 heavy (non-hydrogen) atoms. The Hall–Kier alpha value is -6.38. The van der Waals surface area contributed by atoms with Gasteiger partial charge in [0.2, 0.25) is 0 Å². The molecular weight excluding hydrogens is 581 g/mol. The number of nitrogens with zero attached hydrogens (tertiary/aromatic N) is 2. The number of anilines is 6. The standard InChI is InChI=1S/C46H32N2/c1-5-19-35(20-6-1)47(36-21-7-2-8-22-36)45-40-28-16-14-18-34(40)31-43-44(45)32-42-39-27-15-13-17-33(39)29-30-41(42)46(43)48(37-23-9-3-10-24-37)38-25-11-4-12-26-38/h1-32H. The molecule has 0 aliphatic carbocycles. The van der Waals surface area contributed by atoms with Gasteiger partial charge in [-0.25, -0.2) is 0 Å². The molecule has 0 aliphatic rings. The Labute approximate surface area is 280 Å². The number of fused-ring (bicyclic) bond motifs is 5. The zero-order valence-electron chi connectivity index (χ0n) is 26.4.